The van der Waals surface area contributed by atoms with Gasteiger partial charge in [0.05, 0.1) is 31.2 Å². The lowest BCUT2D eigenvalue weighted by Crippen LogP contribution is -2.56. The van der Waals surface area contributed by atoms with Crippen molar-refractivity contribution in [2.24, 2.45) is 0 Å². The van der Waals surface area contributed by atoms with Crippen LogP contribution in [0.3, 0.4) is 0 Å². The standard InChI is InChI=1S/C31H40O4.C25H24Cl4O4/c1-15-17(3)27-25(19(5)23(15)21(7)32)29(9,10)13-31(34-27)14-30(11,12)26-20(6)24(22(8)33)16(2)18(4)28(26)35-31;1-11(30)17-13(26)7-15-19(21(17)28)23(3,4)9-25(32-15)10-24(5,6)20-16(33-25)8-14(27)18(12(2)31)22(20)29/h13-14H2,1-12H3;7-8H,9-10H2,1-6H3. The Morgan fingerprint density at radius 3 is 0.941 bits per heavy atom. The van der Waals surface area contributed by atoms with Crippen molar-refractivity contribution < 1.29 is 38.1 Å². The molecule has 0 saturated heterocycles. The molecule has 8 rings (SSSR count). The maximum atomic E-state index is 12.5. The van der Waals surface area contributed by atoms with Crippen LogP contribution in [0.25, 0.3) is 0 Å². The van der Waals surface area contributed by atoms with Crippen LogP contribution in [0.5, 0.6) is 23.0 Å². The lowest BCUT2D eigenvalue weighted by Gasteiger charge is -2.53. The minimum Gasteiger partial charge on any atom is -0.452 e. The number of ketones is 4. The van der Waals surface area contributed by atoms with Crippen molar-refractivity contribution in [3.63, 3.8) is 0 Å². The number of carbonyl (C=O) groups excluding carboxylic acids is 4. The first kappa shape index (κ1) is 51.8. The van der Waals surface area contributed by atoms with Crippen LogP contribution in [0.2, 0.25) is 20.1 Å². The van der Waals surface area contributed by atoms with E-state index in [2.05, 4.69) is 41.5 Å². The molecule has 4 heterocycles. The summed E-state index contributed by atoms with van der Waals surface area (Å²) in [6.07, 6.45) is 2.25. The highest BCUT2D eigenvalue weighted by molar-refractivity contribution is 6.41. The lowest BCUT2D eigenvalue weighted by molar-refractivity contribution is -0.167. The van der Waals surface area contributed by atoms with Gasteiger partial charge in [-0.25, -0.2) is 0 Å². The number of fused-ring (bicyclic) bond motifs is 4. The number of benzene rings is 4. The van der Waals surface area contributed by atoms with Gasteiger partial charge in [0, 0.05) is 92.9 Å². The van der Waals surface area contributed by atoms with Gasteiger partial charge in [-0.3, -0.25) is 19.2 Å². The molecule has 8 nitrogen and oxygen atoms in total. The molecule has 0 saturated carbocycles. The normalized spacial score (nSPS) is 19.0. The van der Waals surface area contributed by atoms with Crippen molar-refractivity contribution in [3.05, 3.63) is 110 Å². The Hall–Kier alpha value is -4.08. The molecule has 68 heavy (non-hydrogen) atoms. The fourth-order valence-electron chi connectivity index (χ4n) is 12.7. The van der Waals surface area contributed by atoms with Gasteiger partial charge in [0.15, 0.2) is 23.1 Å². The van der Waals surface area contributed by atoms with E-state index in [1.54, 1.807) is 26.0 Å². The number of hydrogen-bond donors (Lipinski definition) is 0. The smallest absolute Gasteiger partial charge is 0.252 e. The van der Waals surface area contributed by atoms with E-state index in [9.17, 15) is 19.2 Å². The predicted molar refractivity (Wildman–Crippen MR) is 273 cm³/mol. The molecule has 4 aliphatic rings. The van der Waals surface area contributed by atoms with E-state index in [1.807, 2.05) is 55.4 Å². The molecule has 4 aromatic carbocycles. The first-order valence-corrected chi connectivity index (χ1v) is 24.7. The van der Waals surface area contributed by atoms with Crippen molar-refractivity contribution in [3.8, 4) is 23.0 Å². The lowest BCUT2D eigenvalue weighted by atomic mass is 9.66. The summed E-state index contributed by atoms with van der Waals surface area (Å²) in [6, 6.07) is 3.26. The largest absolute Gasteiger partial charge is 0.452 e. The zero-order valence-electron chi connectivity index (χ0n) is 42.8. The third-order valence-electron chi connectivity index (χ3n) is 15.0. The van der Waals surface area contributed by atoms with Crippen molar-refractivity contribution in [2.75, 3.05) is 0 Å². The number of carbonyl (C=O) groups is 4. The molecular formula is C56H64Cl4O8. The molecular weight excluding hydrogens is 942 g/mol. The summed E-state index contributed by atoms with van der Waals surface area (Å²) < 4.78 is 26.8. The molecule has 0 radical (unpaired) electrons. The minimum atomic E-state index is -1.05. The van der Waals surface area contributed by atoms with E-state index in [1.165, 1.54) is 13.8 Å². The molecule has 12 heteroatoms. The molecule has 0 bridgehead atoms. The molecule has 364 valence electrons. The van der Waals surface area contributed by atoms with Gasteiger partial charge in [0.25, 0.3) is 11.6 Å². The highest BCUT2D eigenvalue weighted by Crippen LogP contribution is 2.60. The average Bonchev–Trinajstić information content (AvgIpc) is 3.12. The summed E-state index contributed by atoms with van der Waals surface area (Å²) >= 11 is 26.2. The fraction of sp³-hybridized carbons (Fsp3) is 0.500. The maximum Gasteiger partial charge on any atom is 0.252 e. The van der Waals surface area contributed by atoms with Crippen LogP contribution in [0.4, 0.5) is 0 Å². The zero-order valence-corrected chi connectivity index (χ0v) is 45.8. The van der Waals surface area contributed by atoms with Crippen LogP contribution in [0.1, 0.15) is 206 Å². The van der Waals surface area contributed by atoms with Gasteiger partial charge in [0.2, 0.25) is 0 Å². The summed E-state index contributed by atoms with van der Waals surface area (Å²) in [5.41, 5.74) is 10.3. The SMILES string of the molecule is CC(=O)c1c(C)c(C)c2c(c1C)C(C)(C)CC1(CC(C)(C)c3c(C)c(C(C)=O)c(C)c(C)c3O1)O2.CC(=O)c1c(Cl)cc2c(c1Cl)C(C)(C)CC1(CC(C)(C)c3c(cc(Cl)c(C(C)=O)c3Cl)O1)O2. The Balaban J connectivity index is 0.000000202. The average molecular weight is 1010 g/mol. The van der Waals surface area contributed by atoms with Gasteiger partial charge in [-0.1, -0.05) is 102 Å². The summed E-state index contributed by atoms with van der Waals surface area (Å²) in [5, 5.41) is 1.06. The molecule has 0 aromatic heterocycles. The third-order valence-corrected chi connectivity index (χ3v) is 16.4. The number of hydrogen-bond acceptors (Lipinski definition) is 8. The van der Waals surface area contributed by atoms with Crippen LogP contribution in [-0.2, 0) is 21.7 Å². The van der Waals surface area contributed by atoms with Crippen LogP contribution >= 0.6 is 46.4 Å². The van der Waals surface area contributed by atoms with Crippen LogP contribution < -0.4 is 18.9 Å². The van der Waals surface area contributed by atoms with Gasteiger partial charge in [0.1, 0.15) is 23.0 Å². The maximum absolute atomic E-state index is 12.5. The highest BCUT2D eigenvalue weighted by Gasteiger charge is 2.57. The Morgan fingerprint density at radius 1 is 0.397 bits per heavy atom. The van der Waals surface area contributed by atoms with E-state index in [0.29, 0.717) is 47.2 Å². The molecule has 2 spiro atoms. The molecule has 4 aromatic rings. The Morgan fingerprint density at radius 2 is 0.662 bits per heavy atom. The first-order chi connectivity index (χ1) is 31.1. The van der Waals surface area contributed by atoms with Gasteiger partial charge < -0.3 is 18.9 Å². The fourth-order valence-corrected chi connectivity index (χ4v) is 14.6. The number of ether oxygens (including phenoxy) is 4. The summed E-state index contributed by atoms with van der Waals surface area (Å²) in [4.78, 5) is 49.4. The van der Waals surface area contributed by atoms with E-state index >= 15 is 0 Å². The van der Waals surface area contributed by atoms with Crippen molar-refractivity contribution in [1.29, 1.82) is 0 Å². The van der Waals surface area contributed by atoms with Crippen molar-refractivity contribution >= 4 is 69.5 Å². The topological polar surface area (TPSA) is 105 Å². The van der Waals surface area contributed by atoms with E-state index in [0.717, 1.165) is 78.3 Å². The van der Waals surface area contributed by atoms with E-state index < -0.39 is 22.4 Å². The zero-order chi connectivity index (χ0) is 51.1. The predicted octanol–water partition coefficient (Wildman–Crippen LogP) is 15.7. The van der Waals surface area contributed by atoms with Gasteiger partial charge in [-0.15, -0.1) is 0 Å². The molecule has 0 fully saturated rings. The number of halogens is 4. The molecule has 4 aliphatic heterocycles. The second-order valence-electron chi connectivity index (χ2n) is 22.4. The number of rotatable bonds is 4. The quantitative estimate of drug-likeness (QED) is 0.186. The van der Waals surface area contributed by atoms with E-state index in [-0.39, 0.29) is 55.1 Å². The molecule has 0 amide bonds. The molecule has 0 N–H and O–H groups in total. The Kier molecular flexibility index (Phi) is 12.8. The highest BCUT2D eigenvalue weighted by atomic mass is 35.5. The molecule has 0 atom stereocenters. The first-order valence-electron chi connectivity index (χ1n) is 23.2. The summed E-state index contributed by atoms with van der Waals surface area (Å²) in [6.45, 7) is 35.4. The summed E-state index contributed by atoms with van der Waals surface area (Å²) in [7, 11) is 0. The van der Waals surface area contributed by atoms with Gasteiger partial charge in [-0.2, -0.15) is 0 Å². The van der Waals surface area contributed by atoms with Crippen LogP contribution in [-0.4, -0.2) is 34.7 Å². The minimum absolute atomic E-state index is 0.0915. The second kappa shape index (κ2) is 16.8. The van der Waals surface area contributed by atoms with Crippen molar-refractivity contribution in [1.82, 2.24) is 0 Å². The van der Waals surface area contributed by atoms with Gasteiger partial charge >= 0.3 is 0 Å². The Labute approximate surface area is 422 Å². The number of Topliss-reactive ketones (excluding diaryl/α,β-unsaturated/α-hetero) is 4. The molecule has 0 unspecified atom stereocenters. The summed E-state index contributed by atoms with van der Waals surface area (Å²) in [5.74, 6) is 0.530. The third kappa shape index (κ3) is 8.15. The van der Waals surface area contributed by atoms with E-state index in [4.69, 9.17) is 65.4 Å². The van der Waals surface area contributed by atoms with Crippen LogP contribution in [0, 0.1) is 41.5 Å². The van der Waals surface area contributed by atoms with Crippen LogP contribution in [0.15, 0.2) is 12.1 Å². The second-order valence-corrected chi connectivity index (χ2v) is 24.0. The van der Waals surface area contributed by atoms with Gasteiger partial charge in [-0.05, 0) is 103 Å². The Bertz CT molecular complexity index is 2740. The molecule has 0 aliphatic carbocycles. The van der Waals surface area contributed by atoms with Crippen molar-refractivity contribution in [2.45, 2.75) is 184 Å². The monoisotopic (exact) mass is 1000 g/mol.